The molecule has 3 rings (SSSR count). The summed E-state index contributed by atoms with van der Waals surface area (Å²) in [5, 5.41) is 13.0. The fourth-order valence-corrected chi connectivity index (χ4v) is 3.60. The molecule has 1 aliphatic carbocycles. The molecule has 2 N–H and O–H groups in total. The highest BCUT2D eigenvalue weighted by Crippen LogP contribution is 2.30. The Morgan fingerprint density at radius 3 is 2.44 bits per heavy atom. The van der Waals surface area contributed by atoms with Crippen LogP contribution in [0.4, 0.5) is 0 Å². The van der Waals surface area contributed by atoms with E-state index in [9.17, 15) is 14.7 Å². The van der Waals surface area contributed by atoms with Crippen LogP contribution in [-0.4, -0.2) is 47.1 Å². The Hall–Kier alpha value is -1.88. The van der Waals surface area contributed by atoms with Gasteiger partial charge in [-0.2, -0.15) is 0 Å². The zero-order valence-corrected chi connectivity index (χ0v) is 14.7. The Kier molecular flexibility index (Phi) is 5.74. The lowest BCUT2D eigenvalue weighted by molar-refractivity contribution is -0.136. The molecule has 0 spiro atoms. The van der Waals surface area contributed by atoms with Crippen LogP contribution in [0.15, 0.2) is 30.3 Å². The van der Waals surface area contributed by atoms with Gasteiger partial charge in [-0.15, -0.1) is 0 Å². The quantitative estimate of drug-likeness (QED) is 0.828. The first-order valence-electron chi connectivity index (χ1n) is 9.38. The van der Waals surface area contributed by atoms with Gasteiger partial charge in [0.15, 0.2) is 0 Å². The van der Waals surface area contributed by atoms with Gasteiger partial charge >= 0.3 is 0 Å². The maximum Gasteiger partial charge on any atom is 0.223 e. The molecule has 0 bridgehead atoms. The van der Waals surface area contributed by atoms with E-state index in [1.807, 2.05) is 35.2 Å². The Balaban J connectivity index is 1.37. The van der Waals surface area contributed by atoms with Crippen LogP contribution in [-0.2, 0) is 16.0 Å². The van der Waals surface area contributed by atoms with Crippen LogP contribution in [0.5, 0.6) is 0 Å². The van der Waals surface area contributed by atoms with E-state index in [4.69, 9.17) is 0 Å². The fraction of sp³-hybridized carbons (Fsp3) is 0.600. The lowest BCUT2D eigenvalue weighted by atomic mass is 9.80. The molecule has 5 nitrogen and oxygen atoms in total. The first-order chi connectivity index (χ1) is 12.1. The molecular weight excluding hydrogens is 316 g/mol. The van der Waals surface area contributed by atoms with Gasteiger partial charge in [-0.3, -0.25) is 9.59 Å². The van der Waals surface area contributed by atoms with E-state index in [1.54, 1.807) is 0 Å². The summed E-state index contributed by atoms with van der Waals surface area (Å²) in [6.45, 7) is 1.66. The number of nitrogens with one attached hydrogen (secondary N) is 1. The van der Waals surface area contributed by atoms with Gasteiger partial charge in [-0.1, -0.05) is 30.3 Å². The standard InChI is InChI=1S/C20H28N2O3/c23-18(8-7-16-5-2-1-3-6-16)22-13-9-17(10-14-22)19(24)21-15-20(25)11-4-12-20/h1-3,5-6,17,25H,4,7-15H2,(H,21,24). The van der Waals surface area contributed by atoms with Gasteiger partial charge < -0.3 is 15.3 Å². The average molecular weight is 344 g/mol. The smallest absolute Gasteiger partial charge is 0.223 e. The summed E-state index contributed by atoms with van der Waals surface area (Å²) < 4.78 is 0. The summed E-state index contributed by atoms with van der Waals surface area (Å²) in [4.78, 5) is 26.5. The number of likely N-dealkylation sites (tertiary alicyclic amines) is 1. The predicted molar refractivity (Wildman–Crippen MR) is 95.9 cm³/mol. The third-order valence-corrected chi connectivity index (χ3v) is 5.56. The van der Waals surface area contributed by atoms with Crippen molar-refractivity contribution in [3.05, 3.63) is 35.9 Å². The van der Waals surface area contributed by atoms with Crippen molar-refractivity contribution in [1.29, 1.82) is 0 Å². The van der Waals surface area contributed by atoms with Gasteiger partial charge in [0.25, 0.3) is 0 Å². The molecule has 1 aromatic carbocycles. The van der Waals surface area contributed by atoms with Gasteiger partial charge in [-0.25, -0.2) is 0 Å². The second kappa shape index (κ2) is 8.00. The Bertz CT molecular complexity index is 590. The van der Waals surface area contributed by atoms with E-state index in [2.05, 4.69) is 5.32 Å². The molecule has 1 saturated carbocycles. The second-order valence-electron chi connectivity index (χ2n) is 7.44. The number of rotatable bonds is 6. The number of hydrogen-bond acceptors (Lipinski definition) is 3. The SMILES string of the molecule is O=C(NCC1(O)CCC1)C1CCN(C(=O)CCc2ccccc2)CC1. The molecule has 1 heterocycles. The summed E-state index contributed by atoms with van der Waals surface area (Å²) >= 11 is 0. The number of aliphatic hydroxyl groups is 1. The molecule has 0 radical (unpaired) electrons. The topological polar surface area (TPSA) is 69.6 Å². The van der Waals surface area contributed by atoms with Crippen molar-refractivity contribution >= 4 is 11.8 Å². The first kappa shape index (κ1) is 17.9. The molecule has 0 aromatic heterocycles. The molecule has 0 atom stereocenters. The van der Waals surface area contributed by atoms with E-state index >= 15 is 0 Å². The molecule has 25 heavy (non-hydrogen) atoms. The van der Waals surface area contributed by atoms with Gasteiger partial charge in [0, 0.05) is 32.0 Å². The maximum absolute atomic E-state index is 12.3. The van der Waals surface area contributed by atoms with Crippen LogP contribution in [0.3, 0.4) is 0 Å². The van der Waals surface area contributed by atoms with E-state index in [1.165, 1.54) is 5.56 Å². The number of hydrogen-bond donors (Lipinski definition) is 2. The minimum Gasteiger partial charge on any atom is -0.388 e. The van der Waals surface area contributed by atoms with Crippen LogP contribution in [0.2, 0.25) is 0 Å². The van der Waals surface area contributed by atoms with Crippen LogP contribution < -0.4 is 5.32 Å². The Morgan fingerprint density at radius 1 is 1.16 bits per heavy atom. The van der Waals surface area contributed by atoms with Crippen molar-refractivity contribution in [3.8, 4) is 0 Å². The molecule has 1 saturated heterocycles. The largest absolute Gasteiger partial charge is 0.388 e. The highest BCUT2D eigenvalue weighted by molar-refractivity contribution is 5.80. The Morgan fingerprint density at radius 2 is 1.84 bits per heavy atom. The third-order valence-electron chi connectivity index (χ3n) is 5.56. The zero-order valence-electron chi connectivity index (χ0n) is 14.7. The van der Waals surface area contributed by atoms with E-state index in [-0.39, 0.29) is 17.7 Å². The minimum absolute atomic E-state index is 0.0247. The number of benzene rings is 1. The summed E-state index contributed by atoms with van der Waals surface area (Å²) in [6.07, 6.45) is 5.30. The van der Waals surface area contributed by atoms with E-state index in [0.29, 0.717) is 38.9 Å². The van der Waals surface area contributed by atoms with Crippen molar-refractivity contribution in [3.63, 3.8) is 0 Å². The zero-order chi connectivity index (χ0) is 17.7. The van der Waals surface area contributed by atoms with Gasteiger partial charge in [0.2, 0.25) is 11.8 Å². The van der Waals surface area contributed by atoms with Crippen molar-refractivity contribution in [2.45, 2.75) is 50.5 Å². The molecule has 136 valence electrons. The van der Waals surface area contributed by atoms with Crippen molar-refractivity contribution in [1.82, 2.24) is 10.2 Å². The second-order valence-corrected chi connectivity index (χ2v) is 7.44. The van der Waals surface area contributed by atoms with Crippen molar-refractivity contribution < 1.29 is 14.7 Å². The van der Waals surface area contributed by atoms with Gasteiger partial charge in [-0.05, 0) is 44.1 Å². The number of carbonyl (C=O) groups is 2. The predicted octanol–water partition coefficient (Wildman–Crippen LogP) is 1.89. The average Bonchev–Trinajstić information content (AvgIpc) is 2.63. The molecular formula is C20H28N2O3. The summed E-state index contributed by atoms with van der Waals surface area (Å²) in [6, 6.07) is 10.0. The number of amides is 2. The minimum atomic E-state index is -0.677. The molecule has 2 fully saturated rings. The van der Waals surface area contributed by atoms with E-state index in [0.717, 1.165) is 25.7 Å². The number of aryl methyl sites for hydroxylation is 1. The van der Waals surface area contributed by atoms with Crippen LogP contribution in [0.1, 0.15) is 44.1 Å². The summed E-state index contributed by atoms with van der Waals surface area (Å²) in [7, 11) is 0. The molecule has 2 aliphatic rings. The van der Waals surface area contributed by atoms with Crippen molar-refractivity contribution in [2.24, 2.45) is 5.92 Å². The number of carbonyl (C=O) groups excluding carboxylic acids is 2. The molecule has 2 amide bonds. The maximum atomic E-state index is 12.3. The van der Waals surface area contributed by atoms with Gasteiger partial charge in [0.1, 0.15) is 0 Å². The number of piperidine rings is 1. The molecule has 1 aromatic rings. The summed E-state index contributed by atoms with van der Waals surface area (Å²) in [5.41, 5.74) is 0.503. The first-order valence-corrected chi connectivity index (χ1v) is 9.38. The Labute approximate surface area is 149 Å². The highest BCUT2D eigenvalue weighted by atomic mass is 16.3. The summed E-state index contributed by atoms with van der Waals surface area (Å²) in [5.74, 6) is 0.157. The van der Waals surface area contributed by atoms with Crippen LogP contribution >= 0.6 is 0 Å². The molecule has 5 heteroatoms. The lowest BCUT2D eigenvalue weighted by Gasteiger charge is -2.37. The molecule has 1 aliphatic heterocycles. The lowest BCUT2D eigenvalue weighted by Crippen LogP contribution is -2.50. The third kappa shape index (κ3) is 4.82. The van der Waals surface area contributed by atoms with Crippen LogP contribution in [0.25, 0.3) is 0 Å². The monoisotopic (exact) mass is 344 g/mol. The normalized spacial score (nSPS) is 20.0. The highest BCUT2D eigenvalue weighted by Gasteiger charge is 2.35. The van der Waals surface area contributed by atoms with Crippen LogP contribution in [0, 0.1) is 5.92 Å². The van der Waals surface area contributed by atoms with Crippen molar-refractivity contribution in [2.75, 3.05) is 19.6 Å². The fourth-order valence-electron chi connectivity index (χ4n) is 3.60. The van der Waals surface area contributed by atoms with Gasteiger partial charge in [0.05, 0.1) is 5.60 Å². The van der Waals surface area contributed by atoms with E-state index < -0.39 is 5.60 Å². The number of nitrogens with zero attached hydrogens (tertiary/aromatic N) is 1. The molecule has 0 unspecified atom stereocenters.